The molecule has 2 aromatic heterocycles. The number of rotatable bonds is 5. The van der Waals surface area contributed by atoms with Crippen LogP contribution in [0, 0.1) is 5.92 Å². The van der Waals surface area contributed by atoms with Crippen molar-refractivity contribution in [1.82, 2.24) is 25.2 Å². The fourth-order valence-electron chi connectivity index (χ4n) is 1.68. The summed E-state index contributed by atoms with van der Waals surface area (Å²) in [6.07, 6.45) is 1.48. The van der Waals surface area contributed by atoms with Crippen molar-refractivity contribution in [2.45, 2.75) is 40.0 Å². The zero-order chi connectivity index (χ0) is 14.0. The second-order valence-corrected chi connectivity index (χ2v) is 6.11. The minimum absolute atomic E-state index is 0.328. The van der Waals surface area contributed by atoms with E-state index in [-0.39, 0.29) is 0 Å². The first kappa shape index (κ1) is 13.8. The number of aldehydes is 1. The third-order valence-corrected chi connectivity index (χ3v) is 3.81. The fourth-order valence-corrected chi connectivity index (χ4v) is 2.50. The molecule has 102 valence electrons. The summed E-state index contributed by atoms with van der Waals surface area (Å²) < 4.78 is 1.63. The van der Waals surface area contributed by atoms with E-state index in [2.05, 4.69) is 48.2 Å². The van der Waals surface area contributed by atoms with E-state index in [1.165, 1.54) is 11.3 Å². The molecule has 7 heteroatoms. The molecule has 6 nitrogen and oxygen atoms in total. The molecular formula is C12H17N5OS. The number of nitrogens with zero attached hydrogens (tertiary/aromatic N) is 5. The molecule has 0 radical (unpaired) electrons. The number of hydrogen-bond donors (Lipinski definition) is 0. The van der Waals surface area contributed by atoms with Gasteiger partial charge in [-0.1, -0.05) is 44.2 Å². The van der Waals surface area contributed by atoms with E-state index in [9.17, 15) is 4.79 Å². The van der Waals surface area contributed by atoms with E-state index >= 15 is 0 Å². The molecule has 0 N–H and O–H groups in total. The van der Waals surface area contributed by atoms with Gasteiger partial charge in [0.2, 0.25) is 5.13 Å². The molecule has 0 saturated carbocycles. The second kappa shape index (κ2) is 5.56. The van der Waals surface area contributed by atoms with Crippen LogP contribution in [-0.4, -0.2) is 31.5 Å². The fraction of sp³-hybridized carbons (Fsp3) is 0.583. The maximum Gasteiger partial charge on any atom is 0.234 e. The van der Waals surface area contributed by atoms with Crippen molar-refractivity contribution in [3.05, 3.63) is 16.4 Å². The van der Waals surface area contributed by atoms with Crippen LogP contribution < -0.4 is 0 Å². The average molecular weight is 279 g/mol. The van der Waals surface area contributed by atoms with Crippen molar-refractivity contribution in [3.8, 4) is 5.13 Å². The minimum atomic E-state index is 0.328. The molecule has 0 unspecified atom stereocenters. The normalized spacial score (nSPS) is 11.5. The average Bonchev–Trinajstić information content (AvgIpc) is 2.94. The molecule has 0 fully saturated rings. The lowest BCUT2D eigenvalue weighted by Crippen LogP contribution is -2.06. The molecule has 19 heavy (non-hydrogen) atoms. The molecule has 0 amide bonds. The van der Waals surface area contributed by atoms with Gasteiger partial charge in [-0.3, -0.25) is 4.79 Å². The zero-order valence-corrected chi connectivity index (χ0v) is 12.3. The van der Waals surface area contributed by atoms with Crippen LogP contribution in [0.2, 0.25) is 0 Å². The standard InChI is InChI=1S/C12H17N5OS/c1-7(2)5-10-9(6-18)13-16-17(10)12-15-14-11(19-12)8(3)4/h6-8H,5H2,1-4H3. The highest BCUT2D eigenvalue weighted by molar-refractivity contribution is 7.13. The van der Waals surface area contributed by atoms with Crippen LogP contribution in [0.1, 0.15) is 54.8 Å². The molecule has 2 heterocycles. The summed E-state index contributed by atoms with van der Waals surface area (Å²) in [7, 11) is 0. The maximum atomic E-state index is 11.0. The highest BCUT2D eigenvalue weighted by atomic mass is 32.1. The van der Waals surface area contributed by atoms with Crippen LogP contribution in [0.25, 0.3) is 5.13 Å². The SMILES string of the molecule is CC(C)Cc1c(C=O)nnn1-c1nnc(C(C)C)s1. The Morgan fingerprint density at radius 1 is 1.21 bits per heavy atom. The van der Waals surface area contributed by atoms with E-state index in [0.29, 0.717) is 22.7 Å². The van der Waals surface area contributed by atoms with Crippen molar-refractivity contribution in [2.24, 2.45) is 5.92 Å². The quantitative estimate of drug-likeness (QED) is 0.785. The third kappa shape index (κ3) is 2.86. The molecule has 2 rings (SSSR count). The summed E-state index contributed by atoms with van der Waals surface area (Å²) in [5.74, 6) is 0.738. The Kier molecular flexibility index (Phi) is 4.04. The Labute approximate surface area is 115 Å². The van der Waals surface area contributed by atoms with Gasteiger partial charge in [0.05, 0.1) is 5.69 Å². The van der Waals surface area contributed by atoms with Crippen molar-refractivity contribution in [2.75, 3.05) is 0 Å². The summed E-state index contributed by atoms with van der Waals surface area (Å²) in [6.45, 7) is 8.31. The Morgan fingerprint density at radius 3 is 2.47 bits per heavy atom. The van der Waals surface area contributed by atoms with Crippen molar-refractivity contribution < 1.29 is 4.79 Å². The van der Waals surface area contributed by atoms with Gasteiger partial charge < -0.3 is 0 Å². The predicted molar refractivity (Wildman–Crippen MR) is 72.8 cm³/mol. The van der Waals surface area contributed by atoms with Crippen molar-refractivity contribution in [1.29, 1.82) is 0 Å². The van der Waals surface area contributed by atoms with E-state index < -0.39 is 0 Å². The number of hydrogen-bond acceptors (Lipinski definition) is 6. The lowest BCUT2D eigenvalue weighted by Gasteiger charge is -2.05. The van der Waals surface area contributed by atoms with Crippen LogP contribution in [0.15, 0.2) is 0 Å². The van der Waals surface area contributed by atoms with Gasteiger partial charge in [-0.2, -0.15) is 4.68 Å². The Hall–Kier alpha value is -1.63. The van der Waals surface area contributed by atoms with Crippen LogP contribution in [0.3, 0.4) is 0 Å². The van der Waals surface area contributed by atoms with E-state index in [4.69, 9.17) is 0 Å². The van der Waals surface area contributed by atoms with Gasteiger partial charge in [-0.15, -0.1) is 15.3 Å². The Morgan fingerprint density at radius 2 is 1.95 bits per heavy atom. The molecule has 0 aliphatic rings. The topological polar surface area (TPSA) is 73.6 Å². The van der Waals surface area contributed by atoms with Crippen molar-refractivity contribution in [3.63, 3.8) is 0 Å². The molecule has 0 aliphatic carbocycles. The van der Waals surface area contributed by atoms with Gasteiger partial charge in [0, 0.05) is 5.92 Å². The molecule has 0 aliphatic heterocycles. The van der Waals surface area contributed by atoms with Crippen LogP contribution in [0.4, 0.5) is 0 Å². The summed E-state index contributed by atoms with van der Waals surface area (Å²) in [4.78, 5) is 11.0. The highest BCUT2D eigenvalue weighted by Gasteiger charge is 2.18. The summed E-state index contributed by atoms with van der Waals surface area (Å²) >= 11 is 1.48. The summed E-state index contributed by atoms with van der Waals surface area (Å²) in [5.41, 5.74) is 1.19. The summed E-state index contributed by atoms with van der Waals surface area (Å²) in [5, 5.41) is 17.8. The van der Waals surface area contributed by atoms with Gasteiger partial charge in [0.15, 0.2) is 6.29 Å². The number of aromatic nitrogens is 5. The zero-order valence-electron chi connectivity index (χ0n) is 11.5. The first-order valence-electron chi connectivity index (χ1n) is 6.26. The largest absolute Gasteiger partial charge is 0.296 e. The minimum Gasteiger partial charge on any atom is -0.296 e. The van der Waals surface area contributed by atoms with Crippen molar-refractivity contribution >= 4 is 17.6 Å². The molecule has 0 bridgehead atoms. The summed E-state index contributed by atoms with van der Waals surface area (Å²) in [6, 6.07) is 0. The molecule has 0 atom stereocenters. The van der Waals surface area contributed by atoms with Gasteiger partial charge in [-0.25, -0.2) is 0 Å². The lowest BCUT2D eigenvalue weighted by atomic mass is 10.1. The number of carbonyl (C=O) groups is 1. The molecular weight excluding hydrogens is 262 g/mol. The smallest absolute Gasteiger partial charge is 0.234 e. The first-order chi connectivity index (χ1) is 9.02. The van der Waals surface area contributed by atoms with Gasteiger partial charge in [0.25, 0.3) is 0 Å². The Bertz CT molecular complexity index is 572. The van der Waals surface area contributed by atoms with E-state index in [1.54, 1.807) is 4.68 Å². The molecule has 2 aromatic rings. The Balaban J connectivity index is 2.42. The van der Waals surface area contributed by atoms with Gasteiger partial charge >= 0.3 is 0 Å². The van der Waals surface area contributed by atoms with Crippen LogP contribution >= 0.6 is 11.3 Å². The monoisotopic (exact) mass is 279 g/mol. The molecule has 0 saturated heterocycles. The van der Waals surface area contributed by atoms with Gasteiger partial charge in [0.1, 0.15) is 10.7 Å². The maximum absolute atomic E-state index is 11.0. The second-order valence-electron chi connectivity index (χ2n) is 5.13. The van der Waals surface area contributed by atoms with Gasteiger partial charge in [-0.05, 0) is 12.3 Å². The van der Waals surface area contributed by atoms with E-state index in [1.807, 2.05) is 0 Å². The molecule has 0 spiro atoms. The van der Waals surface area contributed by atoms with Crippen LogP contribution in [0.5, 0.6) is 0 Å². The first-order valence-corrected chi connectivity index (χ1v) is 7.08. The number of carbonyl (C=O) groups excluding carboxylic acids is 1. The lowest BCUT2D eigenvalue weighted by molar-refractivity contribution is 0.111. The highest BCUT2D eigenvalue weighted by Crippen LogP contribution is 2.23. The van der Waals surface area contributed by atoms with Crippen LogP contribution in [-0.2, 0) is 6.42 Å². The molecule has 0 aromatic carbocycles. The third-order valence-electron chi connectivity index (χ3n) is 2.61. The predicted octanol–water partition coefficient (Wildman–Crippen LogP) is 2.25. The van der Waals surface area contributed by atoms with E-state index in [0.717, 1.165) is 23.4 Å².